The van der Waals surface area contributed by atoms with Crippen molar-refractivity contribution in [2.24, 2.45) is 5.73 Å². The van der Waals surface area contributed by atoms with Gasteiger partial charge in [-0.3, -0.25) is 0 Å². The molecule has 1 fully saturated rings. The van der Waals surface area contributed by atoms with Gasteiger partial charge in [0.25, 0.3) is 0 Å². The van der Waals surface area contributed by atoms with Gasteiger partial charge in [-0.15, -0.1) is 0 Å². The van der Waals surface area contributed by atoms with E-state index in [2.05, 4.69) is 26.8 Å². The third kappa shape index (κ3) is 1.68. The van der Waals surface area contributed by atoms with Crippen molar-refractivity contribution in [2.45, 2.75) is 44.6 Å². The van der Waals surface area contributed by atoms with Crippen molar-refractivity contribution in [3.63, 3.8) is 0 Å². The zero-order valence-electron chi connectivity index (χ0n) is 9.60. The lowest BCUT2D eigenvalue weighted by atomic mass is 9.75. The zero-order chi connectivity index (χ0) is 11.3. The van der Waals surface area contributed by atoms with Crippen LogP contribution in [-0.4, -0.2) is 5.54 Å². The second-order valence-corrected chi connectivity index (χ2v) is 5.67. The Balaban J connectivity index is 2.48. The maximum absolute atomic E-state index is 6.32. The predicted octanol–water partition coefficient (Wildman–Crippen LogP) is 3.42. The summed E-state index contributed by atoms with van der Waals surface area (Å²) in [5.74, 6) is 0. The molecule has 0 amide bonds. The summed E-state index contributed by atoms with van der Waals surface area (Å²) in [6.07, 6.45) is 2.20. The number of halogens is 1. The van der Waals surface area contributed by atoms with Crippen molar-refractivity contribution < 1.29 is 0 Å². The van der Waals surface area contributed by atoms with E-state index in [0.717, 1.165) is 17.9 Å². The number of hydrogen-bond donors (Lipinski definition) is 1. The van der Waals surface area contributed by atoms with E-state index in [9.17, 15) is 0 Å². The highest BCUT2D eigenvalue weighted by Crippen LogP contribution is 2.50. The predicted molar refractivity (Wildman–Crippen MR) is 65.4 cm³/mol. The topological polar surface area (TPSA) is 26.0 Å². The Kier molecular flexibility index (Phi) is 2.36. The lowest BCUT2D eigenvalue weighted by molar-refractivity contribution is 0.391. The average Bonchev–Trinajstić information content (AvgIpc) is 2.89. The Morgan fingerprint density at radius 1 is 1.33 bits per heavy atom. The van der Waals surface area contributed by atoms with Crippen LogP contribution in [0, 0.1) is 6.92 Å². The summed E-state index contributed by atoms with van der Waals surface area (Å²) in [5, 5.41) is 0.835. The van der Waals surface area contributed by atoms with Crippen LogP contribution in [0.4, 0.5) is 0 Å². The summed E-state index contributed by atoms with van der Waals surface area (Å²) in [6.45, 7) is 6.48. The third-order valence-corrected chi connectivity index (χ3v) is 4.16. The van der Waals surface area contributed by atoms with Crippen LogP contribution in [-0.2, 0) is 5.41 Å². The smallest absolute Gasteiger partial charge is 0.0444 e. The van der Waals surface area contributed by atoms with Gasteiger partial charge in [-0.2, -0.15) is 0 Å². The van der Waals surface area contributed by atoms with Crippen LogP contribution in [0.2, 0.25) is 5.02 Å². The van der Waals surface area contributed by atoms with Crippen molar-refractivity contribution in [3.8, 4) is 0 Å². The second-order valence-electron chi connectivity index (χ2n) is 5.26. The van der Waals surface area contributed by atoms with Gasteiger partial charge in [0.2, 0.25) is 0 Å². The summed E-state index contributed by atoms with van der Waals surface area (Å²) in [6, 6.07) is 6.17. The molecule has 2 heteroatoms. The third-order valence-electron chi connectivity index (χ3n) is 3.83. The SMILES string of the molecule is Cc1ccc(Cl)c(C(C)(C)C2(N)CC2)c1. The monoisotopic (exact) mass is 223 g/mol. The first-order valence-electron chi connectivity index (χ1n) is 5.42. The summed E-state index contributed by atoms with van der Waals surface area (Å²) < 4.78 is 0. The van der Waals surface area contributed by atoms with Crippen molar-refractivity contribution >= 4 is 11.6 Å². The van der Waals surface area contributed by atoms with E-state index in [-0.39, 0.29) is 11.0 Å². The van der Waals surface area contributed by atoms with Crippen LogP contribution < -0.4 is 5.73 Å². The molecule has 15 heavy (non-hydrogen) atoms. The highest BCUT2D eigenvalue weighted by Gasteiger charge is 2.52. The molecule has 0 bridgehead atoms. The molecule has 1 aromatic carbocycles. The molecule has 0 saturated heterocycles. The Hall–Kier alpha value is -0.530. The molecule has 0 atom stereocenters. The largest absolute Gasteiger partial charge is 0.324 e. The molecule has 0 spiro atoms. The maximum atomic E-state index is 6.32. The molecule has 0 radical (unpaired) electrons. The van der Waals surface area contributed by atoms with Crippen LogP contribution in [0.1, 0.15) is 37.8 Å². The Labute approximate surface area is 96.6 Å². The molecule has 82 valence electrons. The van der Waals surface area contributed by atoms with Gasteiger partial charge in [-0.25, -0.2) is 0 Å². The number of nitrogens with two attached hydrogens (primary N) is 1. The fourth-order valence-corrected chi connectivity index (χ4v) is 2.50. The first kappa shape index (κ1) is 11.0. The number of rotatable bonds is 2. The Morgan fingerprint density at radius 3 is 2.47 bits per heavy atom. The molecule has 1 aromatic rings. The van der Waals surface area contributed by atoms with E-state index < -0.39 is 0 Å². The maximum Gasteiger partial charge on any atom is 0.0444 e. The van der Waals surface area contributed by atoms with E-state index in [4.69, 9.17) is 17.3 Å². The van der Waals surface area contributed by atoms with Crippen molar-refractivity contribution in [2.75, 3.05) is 0 Å². The van der Waals surface area contributed by atoms with Gasteiger partial charge in [0.05, 0.1) is 0 Å². The van der Waals surface area contributed by atoms with Crippen LogP contribution in [0.15, 0.2) is 18.2 Å². The molecular weight excluding hydrogens is 206 g/mol. The van der Waals surface area contributed by atoms with Crippen molar-refractivity contribution in [1.82, 2.24) is 0 Å². The van der Waals surface area contributed by atoms with Gasteiger partial charge in [-0.1, -0.05) is 43.1 Å². The molecule has 0 aromatic heterocycles. The zero-order valence-corrected chi connectivity index (χ0v) is 10.4. The number of aryl methyl sites for hydroxylation is 1. The molecule has 0 aliphatic heterocycles. The number of hydrogen-bond acceptors (Lipinski definition) is 1. The van der Waals surface area contributed by atoms with E-state index in [1.54, 1.807) is 0 Å². The summed E-state index contributed by atoms with van der Waals surface area (Å²) in [4.78, 5) is 0. The van der Waals surface area contributed by atoms with E-state index >= 15 is 0 Å². The summed E-state index contributed by atoms with van der Waals surface area (Å²) >= 11 is 6.26. The molecule has 2 N–H and O–H groups in total. The molecule has 0 unspecified atom stereocenters. The first-order chi connectivity index (χ1) is 6.87. The summed E-state index contributed by atoms with van der Waals surface area (Å²) in [5.41, 5.74) is 8.66. The Morgan fingerprint density at radius 2 is 1.93 bits per heavy atom. The molecule has 2 rings (SSSR count). The molecule has 0 heterocycles. The fourth-order valence-electron chi connectivity index (χ4n) is 2.15. The van der Waals surface area contributed by atoms with Crippen molar-refractivity contribution in [3.05, 3.63) is 34.3 Å². The standard InChI is InChI=1S/C13H18ClN/c1-9-4-5-11(14)10(8-9)12(2,3)13(15)6-7-13/h4-5,8H,6-7,15H2,1-3H3. The molecular formula is C13H18ClN. The quantitative estimate of drug-likeness (QED) is 0.817. The van der Waals surface area contributed by atoms with E-state index in [1.165, 1.54) is 11.1 Å². The highest BCUT2D eigenvalue weighted by atomic mass is 35.5. The lowest BCUT2D eigenvalue weighted by Gasteiger charge is -2.33. The first-order valence-corrected chi connectivity index (χ1v) is 5.80. The second kappa shape index (κ2) is 3.23. The van der Waals surface area contributed by atoms with E-state index in [1.807, 2.05) is 12.1 Å². The van der Waals surface area contributed by atoms with Crippen molar-refractivity contribution in [1.29, 1.82) is 0 Å². The van der Waals surface area contributed by atoms with Gasteiger partial charge in [0.15, 0.2) is 0 Å². The minimum atomic E-state index is -0.0512. The van der Waals surface area contributed by atoms with Gasteiger partial charge < -0.3 is 5.73 Å². The molecule has 1 nitrogen and oxygen atoms in total. The number of benzene rings is 1. The van der Waals surface area contributed by atoms with Gasteiger partial charge in [0, 0.05) is 16.0 Å². The fraction of sp³-hybridized carbons (Fsp3) is 0.538. The van der Waals surface area contributed by atoms with Gasteiger partial charge >= 0.3 is 0 Å². The van der Waals surface area contributed by atoms with Crippen LogP contribution in [0.3, 0.4) is 0 Å². The summed E-state index contributed by atoms with van der Waals surface area (Å²) in [7, 11) is 0. The van der Waals surface area contributed by atoms with Crippen LogP contribution >= 0.6 is 11.6 Å². The highest BCUT2D eigenvalue weighted by molar-refractivity contribution is 6.31. The van der Waals surface area contributed by atoms with Gasteiger partial charge in [0.1, 0.15) is 0 Å². The molecule has 1 saturated carbocycles. The molecule has 1 aliphatic carbocycles. The average molecular weight is 224 g/mol. The van der Waals surface area contributed by atoms with Crippen LogP contribution in [0.25, 0.3) is 0 Å². The minimum Gasteiger partial charge on any atom is -0.324 e. The minimum absolute atomic E-state index is 0.0316. The Bertz CT molecular complexity index is 392. The normalized spacial score (nSPS) is 19.0. The molecule has 1 aliphatic rings. The van der Waals surface area contributed by atoms with Crippen LogP contribution in [0.5, 0.6) is 0 Å². The van der Waals surface area contributed by atoms with E-state index in [0.29, 0.717) is 0 Å². The lowest BCUT2D eigenvalue weighted by Crippen LogP contribution is -2.43. The van der Waals surface area contributed by atoms with Gasteiger partial charge in [-0.05, 0) is 31.4 Å².